The monoisotopic (exact) mass is 345 g/mol. The van der Waals surface area contributed by atoms with Crippen molar-refractivity contribution in [3.05, 3.63) is 35.9 Å². The molecule has 3 rings (SSSR count). The summed E-state index contributed by atoms with van der Waals surface area (Å²) < 4.78 is 5.90. The molecule has 1 aromatic carbocycles. The summed E-state index contributed by atoms with van der Waals surface area (Å²) in [4.78, 5) is 17.3. The third-order valence-corrected chi connectivity index (χ3v) is 5.13. The van der Waals surface area contributed by atoms with Crippen molar-refractivity contribution in [2.75, 3.05) is 39.3 Å². The van der Waals surface area contributed by atoms with Gasteiger partial charge in [-0.15, -0.1) is 0 Å². The number of hydrogen-bond acceptors (Lipinski definition) is 4. The number of ether oxygens (including phenoxy) is 1. The van der Waals surface area contributed by atoms with Crippen LogP contribution in [0.2, 0.25) is 0 Å². The molecule has 0 aliphatic carbocycles. The van der Waals surface area contributed by atoms with Crippen molar-refractivity contribution in [1.29, 1.82) is 0 Å². The molecule has 2 fully saturated rings. The molecular weight excluding hydrogens is 314 g/mol. The number of benzene rings is 1. The second-order valence-electron chi connectivity index (χ2n) is 7.15. The van der Waals surface area contributed by atoms with E-state index in [-0.39, 0.29) is 12.0 Å². The number of hydrogen-bond donors (Lipinski definition) is 1. The van der Waals surface area contributed by atoms with Gasteiger partial charge in [-0.2, -0.15) is 0 Å². The lowest BCUT2D eigenvalue weighted by atomic mass is 10.1. The molecule has 25 heavy (non-hydrogen) atoms. The lowest BCUT2D eigenvalue weighted by Crippen LogP contribution is -2.47. The molecule has 1 aromatic rings. The lowest BCUT2D eigenvalue weighted by molar-refractivity contribution is -0.138. The molecule has 2 atom stereocenters. The van der Waals surface area contributed by atoms with Crippen LogP contribution in [0, 0.1) is 0 Å². The minimum absolute atomic E-state index is 0.0127. The summed E-state index contributed by atoms with van der Waals surface area (Å²) in [7, 11) is 0. The molecule has 0 spiro atoms. The highest BCUT2D eigenvalue weighted by Gasteiger charge is 2.29. The fraction of sp³-hybridized carbons (Fsp3) is 0.650. The molecule has 138 valence electrons. The second kappa shape index (κ2) is 9.32. The smallest absolute Gasteiger partial charge is 0.225 e. The summed E-state index contributed by atoms with van der Waals surface area (Å²) >= 11 is 0. The van der Waals surface area contributed by atoms with Crippen LogP contribution in [0.3, 0.4) is 0 Å². The zero-order chi connectivity index (χ0) is 17.5. The zero-order valence-electron chi connectivity index (χ0n) is 15.3. The summed E-state index contributed by atoms with van der Waals surface area (Å²) in [5.74, 6) is 0.252. The van der Waals surface area contributed by atoms with Crippen molar-refractivity contribution in [2.24, 2.45) is 0 Å². The first kappa shape index (κ1) is 18.4. The fourth-order valence-electron chi connectivity index (χ4n) is 3.86. The van der Waals surface area contributed by atoms with Crippen LogP contribution in [0.1, 0.15) is 31.7 Å². The minimum Gasteiger partial charge on any atom is -0.375 e. The molecule has 0 saturated carbocycles. The first-order chi connectivity index (χ1) is 12.3. The highest BCUT2D eigenvalue weighted by Crippen LogP contribution is 2.16. The van der Waals surface area contributed by atoms with Crippen LogP contribution in [0.15, 0.2) is 30.3 Å². The van der Waals surface area contributed by atoms with Gasteiger partial charge in [0.15, 0.2) is 0 Å². The van der Waals surface area contributed by atoms with Crippen molar-refractivity contribution < 1.29 is 9.53 Å². The van der Waals surface area contributed by atoms with E-state index in [4.69, 9.17) is 4.74 Å². The van der Waals surface area contributed by atoms with Crippen molar-refractivity contribution in [1.82, 2.24) is 15.1 Å². The van der Waals surface area contributed by atoms with Gasteiger partial charge in [-0.1, -0.05) is 37.3 Å². The van der Waals surface area contributed by atoms with Crippen molar-refractivity contribution in [2.45, 2.75) is 44.9 Å². The average Bonchev–Trinajstić information content (AvgIpc) is 3.15. The Morgan fingerprint density at radius 3 is 2.92 bits per heavy atom. The van der Waals surface area contributed by atoms with E-state index in [1.54, 1.807) is 0 Å². The Morgan fingerprint density at radius 2 is 2.20 bits per heavy atom. The van der Waals surface area contributed by atoms with Crippen LogP contribution in [-0.4, -0.2) is 67.2 Å². The van der Waals surface area contributed by atoms with E-state index in [2.05, 4.69) is 46.3 Å². The van der Waals surface area contributed by atoms with Gasteiger partial charge in [0.1, 0.15) is 0 Å². The number of morpholine rings is 1. The Kier molecular flexibility index (Phi) is 6.84. The predicted molar refractivity (Wildman–Crippen MR) is 99.4 cm³/mol. The molecule has 0 aromatic heterocycles. The van der Waals surface area contributed by atoms with Gasteiger partial charge in [0.05, 0.1) is 19.1 Å². The van der Waals surface area contributed by atoms with Crippen LogP contribution in [0.5, 0.6) is 0 Å². The predicted octanol–water partition coefficient (Wildman–Crippen LogP) is 1.88. The number of nitrogens with zero attached hydrogens (tertiary/aromatic N) is 2. The Balaban J connectivity index is 1.53. The van der Waals surface area contributed by atoms with Crippen LogP contribution in [0.4, 0.5) is 0 Å². The van der Waals surface area contributed by atoms with Gasteiger partial charge >= 0.3 is 0 Å². The quantitative estimate of drug-likeness (QED) is 0.820. The number of carbonyl (C=O) groups excluding carboxylic acids is 1. The maximum atomic E-state index is 12.9. The van der Waals surface area contributed by atoms with Crippen molar-refractivity contribution in [3.63, 3.8) is 0 Å². The van der Waals surface area contributed by atoms with Gasteiger partial charge in [0.25, 0.3) is 0 Å². The summed E-state index contributed by atoms with van der Waals surface area (Å²) in [6.45, 7) is 8.35. The average molecular weight is 345 g/mol. The first-order valence-corrected chi connectivity index (χ1v) is 9.64. The van der Waals surface area contributed by atoms with Gasteiger partial charge in [0, 0.05) is 38.8 Å². The van der Waals surface area contributed by atoms with Crippen LogP contribution in [0.25, 0.3) is 0 Å². The molecule has 2 saturated heterocycles. The summed E-state index contributed by atoms with van der Waals surface area (Å²) in [6, 6.07) is 10.9. The number of rotatable bonds is 7. The standard InChI is InChI=1S/C20H31N3O2/c1-2-10-23(18-8-9-21-14-18)20(24)13-19-16-22(11-12-25-19)15-17-6-4-3-5-7-17/h3-7,18-19,21H,2,8-16H2,1H3. The minimum atomic E-state index is 0.0127. The molecule has 2 heterocycles. The van der Waals surface area contributed by atoms with E-state index in [1.165, 1.54) is 5.56 Å². The Hall–Kier alpha value is -1.43. The third-order valence-electron chi connectivity index (χ3n) is 5.13. The SMILES string of the molecule is CCCN(C(=O)CC1CN(Cc2ccccc2)CCO1)C1CCNC1. The molecule has 1 amide bonds. The zero-order valence-corrected chi connectivity index (χ0v) is 15.3. The second-order valence-corrected chi connectivity index (χ2v) is 7.15. The summed E-state index contributed by atoms with van der Waals surface area (Å²) in [5, 5.41) is 3.37. The highest BCUT2D eigenvalue weighted by atomic mass is 16.5. The topological polar surface area (TPSA) is 44.8 Å². The molecule has 1 N–H and O–H groups in total. The molecule has 2 aliphatic heterocycles. The van der Waals surface area contributed by atoms with Crippen LogP contribution >= 0.6 is 0 Å². The molecule has 0 bridgehead atoms. The molecular formula is C20H31N3O2. The van der Waals surface area contributed by atoms with E-state index in [9.17, 15) is 4.79 Å². The molecule has 2 aliphatic rings. The Morgan fingerprint density at radius 1 is 1.36 bits per heavy atom. The van der Waals surface area contributed by atoms with E-state index in [0.29, 0.717) is 19.1 Å². The molecule has 2 unspecified atom stereocenters. The van der Waals surface area contributed by atoms with Crippen LogP contribution < -0.4 is 5.32 Å². The van der Waals surface area contributed by atoms with Crippen molar-refractivity contribution in [3.8, 4) is 0 Å². The Labute approximate surface area is 151 Å². The molecule has 5 heteroatoms. The number of amides is 1. The van der Waals surface area contributed by atoms with Gasteiger partial charge in [-0.25, -0.2) is 0 Å². The van der Waals surface area contributed by atoms with E-state index in [0.717, 1.165) is 52.1 Å². The fourth-order valence-corrected chi connectivity index (χ4v) is 3.86. The highest BCUT2D eigenvalue weighted by molar-refractivity contribution is 5.77. The van der Waals surface area contributed by atoms with E-state index >= 15 is 0 Å². The maximum Gasteiger partial charge on any atom is 0.225 e. The largest absolute Gasteiger partial charge is 0.375 e. The van der Waals surface area contributed by atoms with Gasteiger partial charge in [-0.05, 0) is 24.9 Å². The van der Waals surface area contributed by atoms with Crippen LogP contribution in [-0.2, 0) is 16.1 Å². The lowest BCUT2D eigenvalue weighted by Gasteiger charge is -2.35. The first-order valence-electron chi connectivity index (χ1n) is 9.64. The summed E-state index contributed by atoms with van der Waals surface area (Å²) in [5.41, 5.74) is 1.32. The van der Waals surface area contributed by atoms with E-state index < -0.39 is 0 Å². The normalized spacial score (nSPS) is 24.4. The number of nitrogens with one attached hydrogen (secondary N) is 1. The van der Waals surface area contributed by atoms with Gasteiger partial charge in [-0.3, -0.25) is 9.69 Å². The Bertz CT molecular complexity index is 531. The maximum absolute atomic E-state index is 12.9. The van der Waals surface area contributed by atoms with Gasteiger partial charge in [0.2, 0.25) is 5.91 Å². The van der Waals surface area contributed by atoms with Gasteiger partial charge < -0.3 is 15.0 Å². The number of carbonyl (C=O) groups is 1. The molecule has 0 radical (unpaired) electrons. The van der Waals surface area contributed by atoms with E-state index in [1.807, 2.05) is 6.07 Å². The summed E-state index contributed by atoms with van der Waals surface area (Å²) in [6.07, 6.45) is 2.59. The third kappa shape index (κ3) is 5.27. The molecule has 5 nitrogen and oxygen atoms in total. The van der Waals surface area contributed by atoms with Crippen molar-refractivity contribution >= 4 is 5.91 Å².